The zero-order valence-electron chi connectivity index (χ0n) is 12.0. The number of nitro benzene ring substituents is 1. The molecule has 114 valence electrons. The highest BCUT2D eigenvalue weighted by Crippen LogP contribution is 2.33. The van der Waals surface area contributed by atoms with Gasteiger partial charge in [-0.3, -0.25) is 14.9 Å². The highest BCUT2D eigenvalue weighted by Gasteiger charge is 2.32. The number of hydrogen-bond acceptors (Lipinski definition) is 5. The molecule has 0 aliphatic heterocycles. The summed E-state index contributed by atoms with van der Waals surface area (Å²) in [4.78, 5) is 21.2. The van der Waals surface area contributed by atoms with E-state index in [9.17, 15) is 20.0 Å². The highest BCUT2D eigenvalue weighted by molar-refractivity contribution is 5.79. The molecule has 0 unspecified atom stereocenters. The van der Waals surface area contributed by atoms with Crippen molar-refractivity contribution in [3.05, 3.63) is 33.9 Å². The first kappa shape index (κ1) is 15.4. The molecule has 1 aromatic rings. The Hall–Kier alpha value is -1.95. The molecule has 2 rings (SSSR count). The molecule has 1 aliphatic carbocycles. The first-order valence-electron chi connectivity index (χ1n) is 7.13. The number of carbonyl (C=O) groups excluding carboxylic acids is 1. The van der Waals surface area contributed by atoms with E-state index in [0.29, 0.717) is 30.7 Å². The van der Waals surface area contributed by atoms with Crippen molar-refractivity contribution in [1.29, 1.82) is 0 Å². The molecular formula is C15H20N2O4. The largest absolute Gasteiger partial charge is 0.388 e. The first-order valence-corrected chi connectivity index (χ1v) is 7.13. The summed E-state index contributed by atoms with van der Waals surface area (Å²) < 4.78 is 0. The second-order valence-electron chi connectivity index (χ2n) is 5.91. The van der Waals surface area contributed by atoms with Gasteiger partial charge in [-0.25, -0.2) is 0 Å². The van der Waals surface area contributed by atoms with Gasteiger partial charge in [-0.05, 0) is 43.7 Å². The van der Waals surface area contributed by atoms with E-state index in [-0.39, 0.29) is 17.8 Å². The molecule has 1 fully saturated rings. The number of benzene rings is 1. The maximum atomic E-state index is 11.1. The summed E-state index contributed by atoms with van der Waals surface area (Å²) in [5, 5.41) is 24.5. The zero-order chi connectivity index (χ0) is 15.5. The average molecular weight is 292 g/mol. The van der Waals surface area contributed by atoms with Crippen molar-refractivity contribution in [2.75, 3.05) is 11.9 Å². The van der Waals surface area contributed by atoms with Gasteiger partial charge < -0.3 is 10.4 Å². The van der Waals surface area contributed by atoms with E-state index < -0.39 is 10.5 Å². The number of aliphatic hydroxyl groups is 1. The van der Waals surface area contributed by atoms with Crippen molar-refractivity contribution in [3.63, 3.8) is 0 Å². The van der Waals surface area contributed by atoms with Crippen molar-refractivity contribution in [1.82, 2.24) is 0 Å². The fraction of sp³-hybridized carbons (Fsp3) is 0.533. The molecule has 21 heavy (non-hydrogen) atoms. The lowest BCUT2D eigenvalue weighted by atomic mass is 9.79. The molecule has 1 saturated carbocycles. The maximum Gasteiger partial charge on any atom is 0.293 e. The predicted octanol–water partition coefficient (Wildman–Crippen LogP) is 2.76. The van der Waals surface area contributed by atoms with Crippen molar-refractivity contribution in [3.8, 4) is 0 Å². The summed E-state index contributed by atoms with van der Waals surface area (Å²) in [6.07, 6.45) is 3.89. The van der Waals surface area contributed by atoms with Crippen molar-refractivity contribution < 1.29 is 14.8 Å². The van der Waals surface area contributed by atoms with Gasteiger partial charge in [0.05, 0.1) is 10.5 Å². The number of hydrogen-bond donors (Lipinski definition) is 2. The van der Waals surface area contributed by atoms with Gasteiger partial charge >= 0.3 is 0 Å². The predicted molar refractivity (Wildman–Crippen MR) is 79.6 cm³/mol. The maximum absolute atomic E-state index is 11.1. The van der Waals surface area contributed by atoms with Gasteiger partial charge in [0.2, 0.25) is 0 Å². The summed E-state index contributed by atoms with van der Waals surface area (Å²) in [6, 6.07) is 4.27. The van der Waals surface area contributed by atoms with Gasteiger partial charge in [0.25, 0.3) is 5.69 Å². The molecule has 0 spiro atoms. The smallest absolute Gasteiger partial charge is 0.293 e. The van der Waals surface area contributed by atoms with E-state index in [0.717, 1.165) is 12.8 Å². The number of nitro groups is 1. The Morgan fingerprint density at radius 2 is 2.14 bits per heavy atom. The van der Waals surface area contributed by atoms with Crippen molar-refractivity contribution in [2.24, 2.45) is 5.92 Å². The average Bonchev–Trinajstić information content (AvgIpc) is 2.48. The lowest BCUT2D eigenvalue weighted by Gasteiger charge is -2.35. The number of anilines is 1. The third-order valence-corrected chi connectivity index (χ3v) is 4.17. The molecule has 0 atom stereocenters. The van der Waals surface area contributed by atoms with Crippen LogP contribution in [0, 0.1) is 16.0 Å². The van der Waals surface area contributed by atoms with Crippen molar-refractivity contribution in [2.45, 2.75) is 38.2 Å². The van der Waals surface area contributed by atoms with E-state index in [1.165, 1.54) is 18.2 Å². The van der Waals surface area contributed by atoms with Crippen LogP contribution >= 0.6 is 0 Å². The van der Waals surface area contributed by atoms with Crippen LogP contribution in [0.2, 0.25) is 0 Å². The molecule has 2 N–H and O–H groups in total. The standard InChI is InChI=1S/C15H20N2O4/c1-11-4-6-15(19,7-5-11)10-16-13-3-2-12(9-18)8-14(13)17(20)21/h2-3,8-9,11,16,19H,4-7,10H2,1H3. The number of aldehydes is 1. The van der Waals surface area contributed by atoms with E-state index >= 15 is 0 Å². The third kappa shape index (κ3) is 3.78. The molecule has 0 saturated heterocycles. The summed E-state index contributed by atoms with van der Waals surface area (Å²) >= 11 is 0. The van der Waals surface area contributed by atoms with Gasteiger partial charge in [0.15, 0.2) is 0 Å². The summed E-state index contributed by atoms with van der Waals surface area (Å²) in [5.41, 5.74) is -0.369. The number of rotatable bonds is 5. The molecule has 0 amide bonds. The Balaban J connectivity index is 2.09. The Kier molecular flexibility index (Phi) is 4.57. The van der Waals surface area contributed by atoms with Gasteiger partial charge in [-0.15, -0.1) is 0 Å². The third-order valence-electron chi connectivity index (χ3n) is 4.17. The molecule has 0 aromatic heterocycles. The lowest BCUT2D eigenvalue weighted by Crippen LogP contribution is -2.40. The number of nitrogens with zero attached hydrogens (tertiary/aromatic N) is 1. The van der Waals surface area contributed by atoms with Gasteiger partial charge in [0.1, 0.15) is 12.0 Å². The zero-order valence-corrected chi connectivity index (χ0v) is 12.0. The van der Waals surface area contributed by atoms with E-state index in [1.54, 1.807) is 0 Å². The van der Waals surface area contributed by atoms with Crippen molar-refractivity contribution >= 4 is 17.7 Å². The Morgan fingerprint density at radius 3 is 2.71 bits per heavy atom. The van der Waals surface area contributed by atoms with Crippen LogP contribution in [0.15, 0.2) is 18.2 Å². The van der Waals surface area contributed by atoms with Gasteiger partial charge in [0, 0.05) is 18.2 Å². The Labute approximate surface area is 123 Å². The van der Waals surface area contributed by atoms with Crippen LogP contribution in [0.5, 0.6) is 0 Å². The first-order chi connectivity index (χ1) is 9.93. The quantitative estimate of drug-likeness (QED) is 0.494. The van der Waals surface area contributed by atoms with Gasteiger partial charge in [-0.2, -0.15) is 0 Å². The van der Waals surface area contributed by atoms with Crippen LogP contribution in [0.25, 0.3) is 0 Å². The molecule has 6 heteroatoms. The second-order valence-corrected chi connectivity index (χ2v) is 5.91. The van der Waals surface area contributed by atoms with Crippen LogP contribution in [0.1, 0.15) is 43.0 Å². The summed E-state index contributed by atoms with van der Waals surface area (Å²) in [7, 11) is 0. The van der Waals surface area contributed by atoms with Crippen LogP contribution in [0.3, 0.4) is 0 Å². The summed E-state index contributed by atoms with van der Waals surface area (Å²) in [6.45, 7) is 2.44. The monoisotopic (exact) mass is 292 g/mol. The number of carbonyl (C=O) groups is 1. The Morgan fingerprint density at radius 1 is 1.48 bits per heavy atom. The van der Waals surface area contributed by atoms with E-state index in [1.807, 2.05) is 0 Å². The molecule has 0 radical (unpaired) electrons. The van der Waals surface area contributed by atoms with E-state index in [2.05, 4.69) is 12.2 Å². The molecule has 0 bridgehead atoms. The highest BCUT2D eigenvalue weighted by atomic mass is 16.6. The normalized spacial score (nSPS) is 25.3. The minimum Gasteiger partial charge on any atom is -0.388 e. The van der Waals surface area contributed by atoms with Crippen LogP contribution in [-0.4, -0.2) is 28.5 Å². The fourth-order valence-electron chi connectivity index (χ4n) is 2.66. The van der Waals surface area contributed by atoms with Crippen LogP contribution < -0.4 is 5.32 Å². The summed E-state index contributed by atoms with van der Waals surface area (Å²) in [5.74, 6) is 0.617. The lowest BCUT2D eigenvalue weighted by molar-refractivity contribution is -0.384. The fourth-order valence-corrected chi connectivity index (χ4v) is 2.66. The van der Waals surface area contributed by atoms with Crippen LogP contribution in [-0.2, 0) is 0 Å². The van der Waals surface area contributed by atoms with Gasteiger partial charge in [-0.1, -0.05) is 6.92 Å². The SMILES string of the molecule is CC1CCC(O)(CNc2ccc(C=O)cc2[N+](=O)[O-])CC1. The molecule has 6 nitrogen and oxygen atoms in total. The second kappa shape index (κ2) is 6.22. The van der Waals surface area contributed by atoms with Crippen LogP contribution in [0.4, 0.5) is 11.4 Å². The molecule has 1 aliphatic rings. The van der Waals surface area contributed by atoms with E-state index in [4.69, 9.17) is 0 Å². The Bertz CT molecular complexity index is 536. The number of nitrogens with one attached hydrogen (secondary N) is 1. The molecule has 1 aromatic carbocycles. The molecule has 0 heterocycles. The minimum atomic E-state index is -0.816. The minimum absolute atomic E-state index is 0.146. The topological polar surface area (TPSA) is 92.5 Å². The molecular weight excluding hydrogens is 272 g/mol.